The van der Waals surface area contributed by atoms with E-state index >= 15 is 0 Å². The minimum absolute atomic E-state index is 0.0471. The van der Waals surface area contributed by atoms with Gasteiger partial charge in [0.2, 0.25) is 5.91 Å². The lowest BCUT2D eigenvalue weighted by molar-refractivity contribution is -0.115. The summed E-state index contributed by atoms with van der Waals surface area (Å²) in [5.41, 5.74) is -0.0499. The van der Waals surface area contributed by atoms with Crippen molar-refractivity contribution in [3.8, 4) is 5.75 Å². The molecule has 1 amide bonds. The van der Waals surface area contributed by atoms with Gasteiger partial charge in [-0.25, -0.2) is 8.78 Å². The molecule has 0 atom stereocenters. The van der Waals surface area contributed by atoms with Crippen LogP contribution in [0.3, 0.4) is 0 Å². The maximum atomic E-state index is 13.5. The number of phenols is 1. The topological polar surface area (TPSA) is 49.3 Å². The number of hydrogen-bond acceptors (Lipinski definition) is 2. The summed E-state index contributed by atoms with van der Waals surface area (Å²) in [5.74, 6) is -2.24. The Labute approximate surface area is 118 Å². The summed E-state index contributed by atoms with van der Waals surface area (Å²) in [5, 5.41) is 11.5. The summed E-state index contributed by atoms with van der Waals surface area (Å²) in [6.07, 6.45) is -0.314. The largest absolute Gasteiger partial charge is 0.508 e. The molecule has 0 aliphatic heterocycles. The van der Waals surface area contributed by atoms with E-state index in [1.807, 2.05) is 0 Å². The Bertz CT molecular complexity index is 641. The predicted molar refractivity (Wildman–Crippen MR) is 71.8 cm³/mol. The Balaban J connectivity index is 2.13. The Kier molecular flexibility index (Phi) is 4.20. The third-order valence-electron chi connectivity index (χ3n) is 2.63. The fourth-order valence-electron chi connectivity index (χ4n) is 1.66. The summed E-state index contributed by atoms with van der Waals surface area (Å²) >= 11 is 5.80. The van der Waals surface area contributed by atoms with Crippen LogP contribution in [0.25, 0.3) is 0 Å². The van der Waals surface area contributed by atoms with Crippen molar-refractivity contribution in [1.29, 1.82) is 0 Å². The molecule has 0 aliphatic carbocycles. The third-order valence-corrected chi connectivity index (χ3v) is 2.98. The second kappa shape index (κ2) is 5.88. The number of anilines is 1. The monoisotopic (exact) mass is 297 g/mol. The normalized spacial score (nSPS) is 10.3. The third kappa shape index (κ3) is 3.24. The number of carbonyl (C=O) groups excluding carboxylic acids is 1. The van der Waals surface area contributed by atoms with Gasteiger partial charge in [0, 0.05) is 16.7 Å². The number of phenolic OH excluding ortho intramolecular Hbond substituents is 1. The average Bonchev–Trinajstić information content (AvgIpc) is 2.37. The first-order chi connectivity index (χ1) is 9.47. The number of amides is 1. The van der Waals surface area contributed by atoms with E-state index in [-0.39, 0.29) is 28.4 Å². The highest BCUT2D eigenvalue weighted by Crippen LogP contribution is 2.22. The van der Waals surface area contributed by atoms with E-state index in [4.69, 9.17) is 16.7 Å². The Morgan fingerprint density at radius 2 is 1.95 bits per heavy atom. The van der Waals surface area contributed by atoms with E-state index in [9.17, 15) is 13.6 Å². The standard InChI is InChI=1S/C14H10ClF2NO2/c15-10-2-1-3-11(16)9(10)7-14(20)18-13-5-4-8(19)6-12(13)17/h1-6,19H,7H2,(H,18,20). The molecule has 0 saturated carbocycles. The van der Waals surface area contributed by atoms with Crippen molar-refractivity contribution >= 4 is 23.2 Å². The van der Waals surface area contributed by atoms with E-state index in [0.717, 1.165) is 6.07 Å². The van der Waals surface area contributed by atoms with E-state index in [1.54, 1.807) is 0 Å². The molecule has 0 aliphatic rings. The lowest BCUT2D eigenvalue weighted by atomic mass is 10.1. The molecule has 2 N–H and O–H groups in total. The van der Waals surface area contributed by atoms with Gasteiger partial charge < -0.3 is 10.4 Å². The molecule has 0 radical (unpaired) electrons. The minimum atomic E-state index is -0.780. The minimum Gasteiger partial charge on any atom is -0.508 e. The molecule has 2 rings (SSSR count). The smallest absolute Gasteiger partial charge is 0.229 e. The fourth-order valence-corrected chi connectivity index (χ4v) is 1.89. The SMILES string of the molecule is O=C(Cc1c(F)cccc1Cl)Nc1ccc(O)cc1F. The van der Waals surface area contributed by atoms with Gasteiger partial charge in [0.1, 0.15) is 17.4 Å². The van der Waals surface area contributed by atoms with Crippen LogP contribution < -0.4 is 5.32 Å². The Morgan fingerprint density at radius 1 is 1.20 bits per heavy atom. The molecule has 0 aromatic heterocycles. The van der Waals surface area contributed by atoms with E-state index in [1.165, 1.54) is 30.3 Å². The molecule has 0 heterocycles. The van der Waals surface area contributed by atoms with E-state index < -0.39 is 17.5 Å². The zero-order chi connectivity index (χ0) is 14.7. The molecule has 2 aromatic carbocycles. The van der Waals surface area contributed by atoms with Gasteiger partial charge >= 0.3 is 0 Å². The summed E-state index contributed by atoms with van der Waals surface area (Å²) in [7, 11) is 0. The fraction of sp³-hybridized carbons (Fsp3) is 0.0714. The van der Waals surface area contributed by atoms with Gasteiger partial charge in [0.15, 0.2) is 0 Å². The van der Waals surface area contributed by atoms with Gasteiger partial charge in [0.05, 0.1) is 12.1 Å². The zero-order valence-corrected chi connectivity index (χ0v) is 10.9. The van der Waals surface area contributed by atoms with Crippen molar-refractivity contribution in [3.63, 3.8) is 0 Å². The summed E-state index contributed by atoms with van der Waals surface area (Å²) < 4.78 is 26.9. The lowest BCUT2D eigenvalue weighted by Crippen LogP contribution is -2.16. The molecule has 20 heavy (non-hydrogen) atoms. The van der Waals surface area contributed by atoms with E-state index in [2.05, 4.69) is 5.32 Å². The number of hydrogen-bond donors (Lipinski definition) is 2. The Morgan fingerprint density at radius 3 is 2.60 bits per heavy atom. The summed E-state index contributed by atoms with van der Waals surface area (Å²) in [4.78, 5) is 11.8. The number of benzene rings is 2. The number of rotatable bonds is 3. The average molecular weight is 298 g/mol. The molecule has 0 fully saturated rings. The molecule has 2 aromatic rings. The van der Waals surface area contributed by atoms with Crippen LogP contribution in [0.1, 0.15) is 5.56 Å². The molecular weight excluding hydrogens is 288 g/mol. The number of carbonyl (C=O) groups is 1. The number of nitrogens with one attached hydrogen (secondary N) is 1. The first kappa shape index (κ1) is 14.3. The zero-order valence-electron chi connectivity index (χ0n) is 10.2. The molecule has 0 unspecified atom stereocenters. The van der Waals surface area contributed by atoms with E-state index in [0.29, 0.717) is 0 Å². The first-order valence-corrected chi connectivity index (χ1v) is 6.06. The van der Waals surface area contributed by atoms with Crippen molar-refractivity contribution < 1.29 is 18.7 Å². The summed E-state index contributed by atoms with van der Waals surface area (Å²) in [6, 6.07) is 7.40. The van der Waals surface area contributed by atoms with Crippen LogP contribution in [0.5, 0.6) is 5.75 Å². The van der Waals surface area contributed by atoms with Crippen LogP contribution in [0.2, 0.25) is 5.02 Å². The second-order valence-electron chi connectivity index (χ2n) is 4.09. The van der Waals surface area contributed by atoms with Crippen LogP contribution in [0, 0.1) is 11.6 Å². The number of halogens is 3. The molecular formula is C14H10ClF2NO2. The molecule has 0 bridgehead atoms. The highest BCUT2D eigenvalue weighted by atomic mass is 35.5. The van der Waals surface area contributed by atoms with Gasteiger partial charge in [-0.1, -0.05) is 17.7 Å². The molecule has 3 nitrogen and oxygen atoms in total. The van der Waals surface area contributed by atoms with Crippen LogP contribution in [0.4, 0.5) is 14.5 Å². The van der Waals surface area contributed by atoms with Crippen molar-refractivity contribution in [2.45, 2.75) is 6.42 Å². The van der Waals surface area contributed by atoms with Crippen LogP contribution in [-0.2, 0) is 11.2 Å². The van der Waals surface area contributed by atoms with Gasteiger partial charge in [-0.15, -0.1) is 0 Å². The highest BCUT2D eigenvalue weighted by molar-refractivity contribution is 6.31. The lowest BCUT2D eigenvalue weighted by Gasteiger charge is -2.08. The van der Waals surface area contributed by atoms with Crippen molar-refractivity contribution in [2.75, 3.05) is 5.32 Å². The van der Waals surface area contributed by atoms with Crippen molar-refractivity contribution in [3.05, 3.63) is 58.6 Å². The van der Waals surface area contributed by atoms with Crippen molar-refractivity contribution in [2.24, 2.45) is 0 Å². The van der Waals surface area contributed by atoms with Crippen molar-refractivity contribution in [1.82, 2.24) is 0 Å². The molecule has 6 heteroatoms. The van der Waals surface area contributed by atoms with Gasteiger partial charge in [-0.05, 0) is 24.3 Å². The maximum absolute atomic E-state index is 13.5. The second-order valence-corrected chi connectivity index (χ2v) is 4.50. The highest BCUT2D eigenvalue weighted by Gasteiger charge is 2.13. The molecule has 0 saturated heterocycles. The summed E-state index contributed by atoms with van der Waals surface area (Å²) in [6.45, 7) is 0. The quantitative estimate of drug-likeness (QED) is 0.852. The van der Waals surface area contributed by atoms with Crippen LogP contribution in [0.15, 0.2) is 36.4 Å². The van der Waals surface area contributed by atoms with Gasteiger partial charge in [-0.3, -0.25) is 4.79 Å². The number of aromatic hydroxyl groups is 1. The van der Waals surface area contributed by atoms with Gasteiger partial charge in [-0.2, -0.15) is 0 Å². The molecule has 0 spiro atoms. The van der Waals surface area contributed by atoms with Crippen LogP contribution in [-0.4, -0.2) is 11.0 Å². The van der Waals surface area contributed by atoms with Crippen LogP contribution >= 0.6 is 11.6 Å². The van der Waals surface area contributed by atoms with Gasteiger partial charge in [0.25, 0.3) is 0 Å². The first-order valence-electron chi connectivity index (χ1n) is 5.68. The predicted octanol–water partition coefficient (Wildman–Crippen LogP) is 3.51. The maximum Gasteiger partial charge on any atom is 0.229 e. The Hall–Kier alpha value is -2.14. The molecule has 104 valence electrons.